The van der Waals surface area contributed by atoms with E-state index in [4.69, 9.17) is 11.5 Å². The van der Waals surface area contributed by atoms with Crippen molar-refractivity contribution in [2.45, 2.75) is 18.9 Å². The van der Waals surface area contributed by atoms with Gasteiger partial charge in [-0.2, -0.15) is 0 Å². The Bertz CT molecular complexity index is 97.2. The van der Waals surface area contributed by atoms with Gasteiger partial charge in [-0.05, 0) is 25.2 Å². The van der Waals surface area contributed by atoms with E-state index in [2.05, 4.69) is 0 Å². The molecule has 1 unspecified atom stereocenters. The molecule has 0 amide bonds. The first-order valence-electron chi connectivity index (χ1n) is 2.45. The van der Waals surface area contributed by atoms with E-state index in [0.717, 1.165) is 12.8 Å². The van der Waals surface area contributed by atoms with Crippen LogP contribution in [0.3, 0.4) is 0 Å². The molecule has 1 atom stereocenters. The van der Waals surface area contributed by atoms with Gasteiger partial charge < -0.3 is 5.11 Å². The van der Waals surface area contributed by atoms with Crippen LogP contribution in [-0.2, 0) is 0 Å². The summed E-state index contributed by atoms with van der Waals surface area (Å²) >= 11 is 0. The van der Waals surface area contributed by atoms with Crippen molar-refractivity contribution in [1.29, 1.82) is 0 Å². The van der Waals surface area contributed by atoms with Crippen LogP contribution in [0.4, 0.5) is 0 Å². The van der Waals surface area contributed by atoms with Crippen molar-refractivity contribution in [3.63, 3.8) is 0 Å². The molecule has 0 aliphatic heterocycles. The van der Waals surface area contributed by atoms with Crippen LogP contribution in [0.25, 0.3) is 0 Å². The van der Waals surface area contributed by atoms with Crippen LogP contribution in [0.2, 0.25) is 0 Å². The first-order chi connectivity index (χ1) is 3.34. The zero-order valence-electron chi connectivity index (χ0n) is 4.02. The van der Waals surface area contributed by atoms with Gasteiger partial charge in [0.05, 0.1) is 0 Å². The fourth-order valence-corrected chi connectivity index (χ4v) is 0.530. The number of aliphatic hydroxyl groups excluding tert-OH is 1. The topological polar surface area (TPSA) is 20.2 Å². The third-order valence-corrected chi connectivity index (χ3v) is 1.22. The molecule has 0 bridgehead atoms. The molecular formula is C6H7O. The van der Waals surface area contributed by atoms with E-state index < -0.39 is 6.10 Å². The molecule has 0 aromatic heterocycles. The average Bonchev–Trinajstić information content (AvgIpc) is 2.44. The Morgan fingerprint density at radius 1 is 1.71 bits per heavy atom. The highest BCUT2D eigenvalue weighted by Gasteiger charge is 2.27. The van der Waals surface area contributed by atoms with E-state index in [9.17, 15) is 0 Å². The largest absolute Gasteiger partial charge is 0.380 e. The standard InChI is InChI=1S/C6H7O/c1-2-6(7)5-3-4-5/h5-7H,3-4H2. The van der Waals surface area contributed by atoms with E-state index in [1.54, 1.807) is 0 Å². The lowest BCUT2D eigenvalue weighted by Gasteiger charge is -1.93. The Kier molecular flexibility index (Phi) is 1.04. The summed E-state index contributed by atoms with van der Waals surface area (Å²) in [6.45, 7) is 0. The van der Waals surface area contributed by atoms with Gasteiger partial charge in [-0.25, -0.2) is 0 Å². The molecule has 7 heavy (non-hydrogen) atoms. The van der Waals surface area contributed by atoms with Gasteiger partial charge in [-0.1, -0.05) is 5.92 Å². The molecule has 1 fully saturated rings. The van der Waals surface area contributed by atoms with Crippen LogP contribution >= 0.6 is 0 Å². The minimum atomic E-state index is -0.569. The van der Waals surface area contributed by atoms with E-state index in [1.165, 1.54) is 0 Å². The Balaban J connectivity index is 2.27. The van der Waals surface area contributed by atoms with Crippen LogP contribution in [0.15, 0.2) is 0 Å². The van der Waals surface area contributed by atoms with Crippen molar-refractivity contribution in [2.24, 2.45) is 5.92 Å². The maximum absolute atomic E-state index is 8.70. The second-order valence-electron chi connectivity index (χ2n) is 1.93. The minimum absolute atomic E-state index is 0.373. The Morgan fingerprint density at radius 2 is 2.29 bits per heavy atom. The van der Waals surface area contributed by atoms with E-state index in [0.29, 0.717) is 5.92 Å². The Morgan fingerprint density at radius 3 is 2.43 bits per heavy atom. The van der Waals surface area contributed by atoms with Crippen LogP contribution in [0.1, 0.15) is 12.8 Å². The molecule has 1 nitrogen and oxygen atoms in total. The van der Waals surface area contributed by atoms with Gasteiger partial charge in [0.25, 0.3) is 0 Å². The minimum Gasteiger partial charge on any atom is -0.380 e. The van der Waals surface area contributed by atoms with Crippen LogP contribution < -0.4 is 0 Å². The van der Waals surface area contributed by atoms with Crippen molar-refractivity contribution in [3.8, 4) is 5.92 Å². The summed E-state index contributed by atoms with van der Waals surface area (Å²) in [5.74, 6) is 2.41. The van der Waals surface area contributed by atoms with Crippen LogP contribution in [-0.4, -0.2) is 11.2 Å². The van der Waals surface area contributed by atoms with Gasteiger partial charge in [0.1, 0.15) is 6.10 Å². The lowest BCUT2D eigenvalue weighted by molar-refractivity contribution is 0.209. The molecule has 1 aliphatic rings. The molecule has 0 aromatic rings. The molecule has 37 valence electrons. The first-order valence-corrected chi connectivity index (χ1v) is 2.45. The van der Waals surface area contributed by atoms with Gasteiger partial charge in [0, 0.05) is 0 Å². The summed E-state index contributed by atoms with van der Waals surface area (Å²) in [7, 11) is 0. The fourth-order valence-electron chi connectivity index (χ4n) is 0.530. The third-order valence-electron chi connectivity index (χ3n) is 1.22. The third kappa shape index (κ3) is 0.942. The van der Waals surface area contributed by atoms with Gasteiger partial charge in [0.2, 0.25) is 0 Å². The number of aliphatic hydroxyl groups is 1. The summed E-state index contributed by atoms with van der Waals surface area (Å²) < 4.78 is 0. The highest BCUT2D eigenvalue weighted by Crippen LogP contribution is 2.31. The highest BCUT2D eigenvalue weighted by molar-refractivity contribution is 4.97. The zero-order valence-corrected chi connectivity index (χ0v) is 4.02. The molecule has 1 aliphatic carbocycles. The second kappa shape index (κ2) is 1.55. The molecule has 0 heterocycles. The molecule has 0 spiro atoms. The maximum Gasteiger partial charge on any atom is 0.118 e. The van der Waals surface area contributed by atoms with Crippen molar-refractivity contribution in [1.82, 2.24) is 0 Å². The van der Waals surface area contributed by atoms with Crippen molar-refractivity contribution in [3.05, 3.63) is 6.42 Å². The quantitative estimate of drug-likeness (QED) is 0.466. The average molecular weight is 95.1 g/mol. The SMILES string of the molecule is [C]#CC(O)C1CC1. The van der Waals surface area contributed by atoms with E-state index >= 15 is 0 Å². The fraction of sp³-hybridized carbons (Fsp3) is 0.667. The molecule has 1 rings (SSSR count). The first kappa shape index (κ1) is 4.67. The lowest BCUT2D eigenvalue weighted by Crippen LogP contribution is -2.03. The molecule has 0 aromatic carbocycles. The smallest absolute Gasteiger partial charge is 0.118 e. The zero-order chi connectivity index (χ0) is 5.28. The van der Waals surface area contributed by atoms with Gasteiger partial charge in [-0.15, -0.1) is 0 Å². The molecule has 1 radical (unpaired) electrons. The molecule has 0 saturated heterocycles. The second-order valence-corrected chi connectivity index (χ2v) is 1.93. The number of hydrogen-bond acceptors (Lipinski definition) is 1. The van der Waals surface area contributed by atoms with Gasteiger partial charge in [0.15, 0.2) is 0 Å². The van der Waals surface area contributed by atoms with E-state index in [-0.39, 0.29) is 0 Å². The van der Waals surface area contributed by atoms with Gasteiger partial charge in [-0.3, -0.25) is 0 Å². The van der Waals surface area contributed by atoms with Gasteiger partial charge >= 0.3 is 0 Å². The lowest BCUT2D eigenvalue weighted by atomic mass is 10.2. The van der Waals surface area contributed by atoms with Crippen LogP contribution in [0.5, 0.6) is 0 Å². The predicted octanol–water partition coefficient (Wildman–Crippen LogP) is 0.347. The Labute approximate surface area is 43.4 Å². The molecule has 1 N–H and O–H groups in total. The Hall–Kier alpha value is -0.480. The number of hydrogen-bond donors (Lipinski definition) is 1. The number of rotatable bonds is 1. The predicted molar refractivity (Wildman–Crippen MR) is 25.9 cm³/mol. The summed E-state index contributed by atoms with van der Waals surface area (Å²) in [6, 6.07) is 0. The van der Waals surface area contributed by atoms with E-state index in [1.807, 2.05) is 5.92 Å². The van der Waals surface area contributed by atoms with Crippen molar-refractivity contribution >= 4 is 0 Å². The van der Waals surface area contributed by atoms with Crippen molar-refractivity contribution in [2.75, 3.05) is 0 Å². The highest BCUT2D eigenvalue weighted by atomic mass is 16.3. The summed E-state index contributed by atoms with van der Waals surface area (Å²) in [6.07, 6.45) is 8.06. The molecule has 1 heteroatoms. The summed E-state index contributed by atoms with van der Waals surface area (Å²) in [5, 5.41) is 8.70. The maximum atomic E-state index is 8.70. The van der Waals surface area contributed by atoms with Crippen LogP contribution in [0, 0.1) is 18.3 Å². The molecular weight excluding hydrogens is 88.1 g/mol. The summed E-state index contributed by atoms with van der Waals surface area (Å²) in [5.41, 5.74) is 0. The van der Waals surface area contributed by atoms with Crippen molar-refractivity contribution < 1.29 is 5.11 Å². The monoisotopic (exact) mass is 95.0 g/mol. The normalized spacial score (nSPS) is 23.4. The summed E-state index contributed by atoms with van der Waals surface area (Å²) in [4.78, 5) is 0. The molecule has 1 saturated carbocycles.